The molecule has 4 heterocycles. The molecule has 4 saturated heterocycles. The van der Waals surface area contributed by atoms with Crippen molar-refractivity contribution in [3.8, 4) is 0 Å². The SMILES string of the molecule is FC1(COCC2CO2)CCC(F)(COCC2CO2)C2(F)C(F)(COCC3CO3)C(F)(F)C(F)(F)C(F)(COCC3CO3)C12F. The van der Waals surface area contributed by atoms with Crippen molar-refractivity contribution in [1.29, 1.82) is 0 Å². The van der Waals surface area contributed by atoms with Gasteiger partial charge in [0, 0.05) is 0 Å². The first-order valence-corrected chi connectivity index (χ1v) is 14.2. The number of alkyl halides is 10. The van der Waals surface area contributed by atoms with Crippen molar-refractivity contribution in [2.75, 3.05) is 79.3 Å². The maximum atomic E-state index is 17.8. The van der Waals surface area contributed by atoms with Crippen LogP contribution in [0.15, 0.2) is 0 Å². The number of epoxide rings is 4. The average molecular weight is 663 g/mol. The zero-order chi connectivity index (χ0) is 31.9. The topological polar surface area (TPSA) is 87.0 Å². The van der Waals surface area contributed by atoms with Crippen LogP contribution in [-0.2, 0) is 37.9 Å². The van der Waals surface area contributed by atoms with E-state index in [4.69, 9.17) is 37.9 Å². The van der Waals surface area contributed by atoms with Gasteiger partial charge in [0.1, 0.15) is 24.4 Å². The van der Waals surface area contributed by atoms with Gasteiger partial charge in [-0.15, -0.1) is 0 Å². The summed E-state index contributed by atoms with van der Waals surface area (Å²) in [5.74, 6) is -13.1. The van der Waals surface area contributed by atoms with E-state index >= 15 is 43.9 Å². The third-order valence-corrected chi connectivity index (χ3v) is 9.20. The van der Waals surface area contributed by atoms with E-state index in [2.05, 4.69) is 0 Å². The van der Waals surface area contributed by atoms with Crippen molar-refractivity contribution in [1.82, 2.24) is 0 Å². The Morgan fingerprint density at radius 1 is 0.432 bits per heavy atom. The highest BCUT2D eigenvalue weighted by molar-refractivity contribution is 5.44. The molecule has 0 spiro atoms. The molecule has 6 rings (SSSR count). The summed E-state index contributed by atoms with van der Waals surface area (Å²) in [4.78, 5) is 0. The van der Waals surface area contributed by atoms with Crippen LogP contribution in [0.1, 0.15) is 12.8 Å². The van der Waals surface area contributed by atoms with Crippen LogP contribution in [-0.4, -0.2) is 150 Å². The predicted molar refractivity (Wildman–Crippen MR) is 124 cm³/mol. The first-order chi connectivity index (χ1) is 20.5. The monoisotopic (exact) mass is 662 g/mol. The smallest absolute Gasteiger partial charge is 0.352 e. The summed E-state index contributed by atoms with van der Waals surface area (Å²) in [5.41, 5.74) is -31.6. The van der Waals surface area contributed by atoms with E-state index in [9.17, 15) is 0 Å². The minimum atomic E-state index is -6.54. The fourth-order valence-electron chi connectivity index (χ4n) is 6.29. The molecule has 10 atom stereocenters. The molecule has 0 radical (unpaired) electrons. The van der Waals surface area contributed by atoms with Gasteiger partial charge in [0.2, 0.25) is 22.7 Å². The molecule has 0 aromatic rings. The number of ether oxygens (including phenoxy) is 8. The maximum Gasteiger partial charge on any atom is 0.352 e. The Morgan fingerprint density at radius 3 is 0.932 bits per heavy atom. The molecule has 10 unspecified atom stereocenters. The molecule has 0 aromatic heterocycles. The van der Waals surface area contributed by atoms with Crippen LogP contribution in [0.5, 0.6) is 0 Å². The molecule has 8 nitrogen and oxygen atoms in total. The second-order valence-corrected chi connectivity index (χ2v) is 12.4. The quantitative estimate of drug-likeness (QED) is 0.184. The summed E-state index contributed by atoms with van der Waals surface area (Å²) in [5, 5.41) is 0. The predicted octanol–water partition coefficient (Wildman–Crippen LogP) is 2.98. The summed E-state index contributed by atoms with van der Waals surface area (Å²) >= 11 is 0. The summed E-state index contributed by atoms with van der Waals surface area (Å²) in [6.07, 6.45) is -6.15. The normalized spacial score (nSPS) is 49.8. The molecule has 0 bridgehead atoms. The lowest BCUT2D eigenvalue weighted by Gasteiger charge is -2.68. The van der Waals surface area contributed by atoms with Crippen molar-refractivity contribution in [2.45, 2.75) is 83.1 Å². The highest BCUT2D eigenvalue weighted by atomic mass is 19.3. The van der Waals surface area contributed by atoms with Gasteiger partial charge in [-0.3, -0.25) is 0 Å². The Hall–Kier alpha value is -1.02. The van der Waals surface area contributed by atoms with Gasteiger partial charge in [-0.05, 0) is 12.8 Å². The molecule has 0 amide bonds. The van der Waals surface area contributed by atoms with Gasteiger partial charge in [-0.2, -0.15) is 17.6 Å². The van der Waals surface area contributed by atoms with Crippen molar-refractivity contribution < 1.29 is 81.8 Å². The van der Waals surface area contributed by atoms with Crippen LogP contribution < -0.4 is 0 Å². The largest absolute Gasteiger partial charge is 0.375 e. The Bertz CT molecular complexity index is 997. The van der Waals surface area contributed by atoms with Crippen LogP contribution >= 0.6 is 0 Å². The number of hydrogen-bond donors (Lipinski definition) is 0. The van der Waals surface area contributed by atoms with E-state index in [1.165, 1.54) is 0 Å². The molecular formula is C26H32F10O8. The average Bonchev–Trinajstić information content (AvgIpc) is 3.77. The van der Waals surface area contributed by atoms with Crippen LogP contribution in [0.2, 0.25) is 0 Å². The van der Waals surface area contributed by atoms with E-state index in [0.717, 1.165) is 0 Å². The number of hydrogen-bond acceptors (Lipinski definition) is 8. The van der Waals surface area contributed by atoms with Crippen molar-refractivity contribution >= 4 is 0 Å². The number of fused-ring (bicyclic) bond motifs is 1. The standard InChI is InChI=1S/C26H32F10O8/c27-19(11-37-3-15-7-41-15)1-2-20(28,12-38-4-16-8-42-16)24(32)22(30,14-40-6-18-10-44-18)26(35,36)25(33,34)21(29,23(19,24)31)13-39-5-17-9-43-17/h15-18H,1-14H2. The number of halogens is 10. The third-order valence-electron chi connectivity index (χ3n) is 9.20. The van der Waals surface area contributed by atoms with E-state index < -0.39 is 136 Å². The Labute approximate surface area is 244 Å². The minimum absolute atomic E-state index is 0.0188. The zero-order valence-electron chi connectivity index (χ0n) is 23.3. The van der Waals surface area contributed by atoms with Crippen LogP contribution in [0.3, 0.4) is 0 Å². The minimum Gasteiger partial charge on any atom is -0.375 e. The molecular weight excluding hydrogens is 630 g/mol. The first kappa shape index (κ1) is 32.9. The fourth-order valence-corrected chi connectivity index (χ4v) is 6.29. The van der Waals surface area contributed by atoms with Gasteiger partial charge in [0.05, 0.1) is 79.3 Å². The van der Waals surface area contributed by atoms with Crippen molar-refractivity contribution in [3.05, 3.63) is 0 Å². The van der Waals surface area contributed by atoms with Crippen LogP contribution in [0.25, 0.3) is 0 Å². The van der Waals surface area contributed by atoms with Gasteiger partial charge in [0.15, 0.2) is 11.3 Å². The van der Waals surface area contributed by atoms with Crippen molar-refractivity contribution in [3.63, 3.8) is 0 Å². The molecule has 2 aliphatic carbocycles. The molecule has 18 heteroatoms. The zero-order valence-corrected chi connectivity index (χ0v) is 23.3. The Morgan fingerprint density at radius 2 is 0.682 bits per heavy atom. The van der Waals surface area contributed by atoms with Crippen LogP contribution in [0, 0.1) is 0 Å². The maximum absolute atomic E-state index is 17.8. The summed E-state index contributed by atoms with van der Waals surface area (Å²) < 4.78 is 206. The Balaban J connectivity index is 1.48. The molecule has 2 saturated carbocycles. The molecule has 0 N–H and O–H groups in total. The molecule has 0 aromatic carbocycles. The number of rotatable bonds is 16. The summed E-state index contributed by atoms with van der Waals surface area (Å²) in [7, 11) is 0. The van der Waals surface area contributed by atoms with Gasteiger partial charge in [-0.25, -0.2) is 26.3 Å². The highest BCUT2D eigenvalue weighted by Crippen LogP contribution is 2.76. The lowest BCUT2D eigenvalue weighted by Crippen LogP contribution is -2.97. The molecule has 44 heavy (non-hydrogen) atoms. The molecule has 6 fully saturated rings. The Kier molecular flexibility index (Phi) is 8.04. The molecule has 254 valence electrons. The molecule has 4 aliphatic heterocycles. The molecule has 6 aliphatic rings. The van der Waals surface area contributed by atoms with E-state index in [1.807, 2.05) is 0 Å². The summed E-state index contributed by atoms with van der Waals surface area (Å²) in [6.45, 7) is -10.7. The van der Waals surface area contributed by atoms with Gasteiger partial charge in [0.25, 0.3) is 0 Å². The third kappa shape index (κ3) is 4.71. The lowest BCUT2D eigenvalue weighted by atomic mass is 9.44. The highest BCUT2D eigenvalue weighted by Gasteiger charge is 3.04. The first-order valence-electron chi connectivity index (χ1n) is 14.2. The van der Waals surface area contributed by atoms with E-state index in [0.29, 0.717) is 0 Å². The van der Waals surface area contributed by atoms with E-state index in [1.54, 1.807) is 0 Å². The van der Waals surface area contributed by atoms with Gasteiger partial charge < -0.3 is 37.9 Å². The fraction of sp³-hybridized carbons (Fsp3) is 1.00. The van der Waals surface area contributed by atoms with Gasteiger partial charge in [-0.1, -0.05) is 0 Å². The van der Waals surface area contributed by atoms with Crippen LogP contribution in [0.4, 0.5) is 43.9 Å². The van der Waals surface area contributed by atoms with Gasteiger partial charge >= 0.3 is 11.8 Å². The van der Waals surface area contributed by atoms with Crippen molar-refractivity contribution in [2.24, 2.45) is 0 Å². The second-order valence-electron chi connectivity index (χ2n) is 12.4. The van der Waals surface area contributed by atoms with E-state index in [-0.39, 0.29) is 26.4 Å². The second kappa shape index (κ2) is 10.8. The summed E-state index contributed by atoms with van der Waals surface area (Å²) in [6, 6.07) is 0. The lowest BCUT2D eigenvalue weighted by molar-refractivity contribution is -0.463.